The first-order valence-electron chi connectivity index (χ1n) is 7.18. The van der Waals surface area contributed by atoms with Gasteiger partial charge in [0.2, 0.25) is 0 Å². The molecule has 7 heteroatoms. The van der Waals surface area contributed by atoms with Crippen molar-refractivity contribution in [2.45, 2.75) is 11.8 Å². The van der Waals surface area contributed by atoms with E-state index < -0.39 is 10.0 Å². The van der Waals surface area contributed by atoms with Gasteiger partial charge in [-0.05, 0) is 19.1 Å². The minimum absolute atomic E-state index is 0.155. The molecule has 0 saturated heterocycles. The molecule has 0 spiro atoms. The number of hydrogen-bond donors (Lipinski definition) is 1. The van der Waals surface area contributed by atoms with Gasteiger partial charge in [0.25, 0.3) is 10.0 Å². The number of nitrogens with zero attached hydrogens (tertiary/aromatic N) is 2. The van der Waals surface area contributed by atoms with Gasteiger partial charge in [-0.3, -0.25) is 0 Å². The first-order valence-corrected chi connectivity index (χ1v) is 9.50. The van der Waals surface area contributed by atoms with Crippen molar-refractivity contribution in [3.05, 3.63) is 77.3 Å². The Balaban J connectivity index is 2.03. The van der Waals surface area contributed by atoms with E-state index in [-0.39, 0.29) is 10.7 Å². The van der Waals surface area contributed by atoms with Crippen LogP contribution in [0.4, 0.5) is 5.13 Å². The molecule has 3 rings (SSSR count). The van der Waals surface area contributed by atoms with Crippen LogP contribution in [-0.4, -0.2) is 19.2 Å². The summed E-state index contributed by atoms with van der Waals surface area (Å²) in [5, 5.41) is 5.38. The summed E-state index contributed by atoms with van der Waals surface area (Å²) in [5.74, 6) is 0.242. The van der Waals surface area contributed by atoms with Crippen molar-refractivity contribution in [1.29, 1.82) is 0 Å². The van der Waals surface area contributed by atoms with E-state index in [1.54, 1.807) is 48.0 Å². The number of benzene rings is 2. The highest BCUT2D eigenvalue weighted by Gasteiger charge is 2.16. The lowest BCUT2D eigenvalue weighted by atomic mass is 10.2. The molecule has 0 aliphatic heterocycles. The Labute approximate surface area is 144 Å². The molecule has 2 aromatic carbocycles. The van der Waals surface area contributed by atoms with E-state index in [4.69, 9.17) is 0 Å². The first-order chi connectivity index (χ1) is 11.5. The SMILES string of the molecule is Cc1ccc(S(=O)(=O)N=C(Nc2nccs2)c2ccccc2)cc1. The van der Waals surface area contributed by atoms with E-state index in [0.29, 0.717) is 10.7 Å². The van der Waals surface area contributed by atoms with Crippen LogP contribution in [0.5, 0.6) is 0 Å². The lowest BCUT2D eigenvalue weighted by molar-refractivity contribution is 0.598. The average molecular weight is 357 g/mol. The van der Waals surface area contributed by atoms with Gasteiger partial charge in [0.05, 0.1) is 4.90 Å². The third-order valence-corrected chi connectivity index (χ3v) is 5.21. The van der Waals surface area contributed by atoms with E-state index in [0.717, 1.165) is 5.56 Å². The molecule has 0 radical (unpaired) electrons. The lowest BCUT2D eigenvalue weighted by Gasteiger charge is -2.08. The second kappa shape index (κ2) is 6.94. The van der Waals surface area contributed by atoms with Crippen molar-refractivity contribution in [3.8, 4) is 0 Å². The lowest BCUT2D eigenvalue weighted by Crippen LogP contribution is -2.16. The maximum atomic E-state index is 12.6. The zero-order chi connectivity index (χ0) is 17.0. The molecule has 1 N–H and O–H groups in total. The summed E-state index contributed by atoms with van der Waals surface area (Å²) in [5.41, 5.74) is 1.66. The molecule has 0 aliphatic rings. The molecule has 0 unspecified atom stereocenters. The first kappa shape index (κ1) is 16.4. The van der Waals surface area contributed by atoms with Crippen molar-refractivity contribution in [2.75, 3.05) is 5.32 Å². The number of amidine groups is 1. The maximum Gasteiger partial charge on any atom is 0.284 e. The minimum Gasteiger partial charge on any atom is -0.315 e. The number of aromatic nitrogens is 1. The summed E-state index contributed by atoms with van der Waals surface area (Å²) >= 11 is 1.37. The van der Waals surface area contributed by atoms with Crippen molar-refractivity contribution >= 4 is 32.3 Å². The molecular formula is C17H15N3O2S2. The van der Waals surface area contributed by atoms with Crippen molar-refractivity contribution < 1.29 is 8.42 Å². The average Bonchev–Trinajstić information content (AvgIpc) is 3.08. The molecule has 24 heavy (non-hydrogen) atoms. The van der Waals surface area contributed by atoms with Gasteiger partial charge in [-0.25, -0.2) is 4.98 Å². The standard InChI is InChI=1S/C17H15N3O2S2/c1-13-7-9-15(10-8-13)24(21,22)20-16(14-5-3-2-4-6-14)19-17-18-11-12-23-17/h2-12H,1H3,(H,18,19,20). The van der Waals surface area contributed by atoms with Crippen LogP contribution in [0.2, 0.25) is 0 Å². The largest absolute Gasteiger partial charge is 0.315 e. The number of anilines is 1. The van der Waals surface area contributed by atoms with Crippen LogP contribution in [0.3, 0.4) is 0 Å². The molecule has 0 aliphatic carbocycles. The van der Waals surface area contributed by atoms with Crippen LogP contribution in [0.1, 0.15) is 11.1 Å². The topological polar surface area (TPSA) is 71.4 Å². The third kappa shape index (κ3) is 3.87. The van der Waals surface area contributed by atoms with Gasteiger partial charge in [0.1, 0.15) is 0 Å². The third-order valence-electron chi connectivity index (χ3n) is 3.24. The molecule has 1 heterocycles. The molecule has 1 aromatic heterocycles. The summed E-state index contributed by atoms with van der Waals surface area (Å²) in [6, 6.07) is 15.7. The number of aryl methyl sites for hydroxylation is 1. The Morgan fingerprint density at radius 1 is 1.08 bits per heavy atom. The number of sulfonamides is 1. The Bertz CT molecular complexity index is 933. The van der Waals surface area contributed by atoms with Gasteiger partial charge in [0.15, 0.2) is 11.0 Å². The van der Waals surface area contributed by atoms with Gasteiger partial charge in [-0.15, -0.1) is 15.7 Å². The van der Waals surface area contributed by atoms with E-state index in [1.807, 2.05) is 25.1 Å². The molecule has 0 amide bonds. The Morgan fingerprint density at radius 2 is 1.79 bits per heavy atom. The smallest absolute Gasteiger partial charge is 0.284 e. The highest BCUT2D eigenvalue weighted by molar-refractivity contribution is 7.90. The number of rotatable bonds is 4. The number of hydrogen-bond acceptors (Lipinski definition) is 4. The van der Waals surface area contributed by atoms with E-state index in [1.165, 1.54) is 11.3 Å². The fourth-order valence-electron chi connectivity index (χ4n) is 2.01. The highest BCUT2D eigenvalue weighted by Crippen LogP contribution is 2.17. The second-order valence-electron chi connectivity index (χ2n) is 5.06. The molecule has 5 nitrogen and oxygen atoms in total. The predicted octanol–water partition coefficient (Wildman–Crippen LogP) is 3.70. The molecule has 3 aromatic rings. The highest BCUT2D eigenvalue weighted by atomic mass is 32.2. The maximum absolute atomic E-state index is 12.6. The zero-order valence-electron chi connectivity index (χ0n) is 12.9. The Hall–Kier alpha value is -2.51. The fourth-order valence-corrected chi connectivity index (χ4v) is 3.52. The quantitative estimate of drug-likeness (QED) is 0.571. The molecule has 122 valence electrons. The van der Waals surface area contributed by atoms with Gasteiger partial charge in [-0.1, -0.05) is 48.0 Å². The van der Waals surface area contributed by atoms with Gasteiger partial charge >= 0.3 is 0 Å². The second-order valence-corrected chi connectivity index (χ2v) is 7.55. The Kier molecular flexibility index (Phi) is 4.73. The zero-order valence-corrected chi connectivity index (χ0v) is 14.5. The summed E-state index contributed by atoms with van der Waals surface area (Å²) < 4.78 is 29.2. The molecule has 0 saturated carbocycles. The van der Waals surface area contributed by atoms with Crippen LogP contribution in [0.25, 0.3) is 0 Å². The van der Waals surface area contributed by atoms with Gasteiger partial charge < -0.3 is 5.32 Å². The van der Waals surface area contributed by atoms with Crippen molar-refractivity contribution in [1.82, 2.24) is 4.98 Å². The van der Waals surface area contributed by atoms with E-state index in [9.17, 15) is 8.42 Å². The Morgan fingerprint density at radius 3 is 2.42 bits per heavy atom. The fraction of sp³-hybridized carbons (Fsp3) is 0.0588. The van der Waals surface area contributed by atoms with Crippen LogP contribution in [0.15, 0.2) is 75.5 Å². The van der Waals surface area contributed by atoms with Crippen LogP contribution in [-0.2, 0) is 10.0 Å². The molecule has 0 atom stereocenters. The number of thiazole rings is 1. The molecular weight excluding hydrogens is 342 g/mol. The summed E-state index contributed by atoms with van der Waals surface area (Å²) in [7, 11) is -3.83. The minimum atomic E-state index is -3.83. The van der Waals surface area contributed by atoms with Gasteiger partial charge in [0, 0.05) is 17.1 Å². The summed E-state index contributed by atoms with van der Waals surface area (Å²) in [4.78, 5) is 4.28. The van der Waals surface area contributed by atoms with Crippen LogP contribution in [0, 0.1) is 6.92 Å². The molecule has 0 bridgehead atoms. The normalized spacial score (nSPS) is 12.1. The monoisotopic (exact) mass is 357 g/mol. The van der Waals surface area contributed by atoms with Crippen LogP contribution < -0.4 is 5.32 Å². The number of nitrogens with one attached hydrogen (secondary N) is 1. The van der Waals surface area contributed by atoms with Crippen LogP contribution >= 0.6 is 11.3 Å². The summed E-state index contributed by atoms with van der Waals surface area (Å²) in [6.45, 7) is 1.90. The predicted molar refractivity (Wildman–Crippen MR) is 97.1 cm³/mol. The van der Waals surface area contributed by atoms with Gasteiger partial charge in [-0.2, -0.15) is 8.42 Å². The van der Waals surface area contributed by atoms with E-state index >= 15 is 0 Å². The van der Waals surface area contributed by atoms with E-state index in [2.05, 4.69) is 14.7 Å². The van der Waals surface area contributed by atoms with Crippen molar-refractivity contribution in [3.63, 3.8) is 0 Å². The summed E-state index contributed by atoms with van der Waals surface area (Å²) in [6.07, 6.45) is 1.64. The van der Waals surface area contributed by atoms with Crippen molar-refractivity contribution in [2.24, 2.45) is 4.40 Å². The molecule has 0 fully saturated rings.